The van der Waals surface area contributed by atoms with Gasteiger partial charge in [-0.25, -0.2) is 4.98 Å². The summed E-state index contributed by atoms with van der Waals surface area (Å²) in [4.78, 5) is 13.8. The zero-order valence-electron chi connectivity index (χ0n) is 6.17. The minimum atomic E-state index is -1.27. The maximum atomic E-state index is 10.2. The zero-order valence-corrected chi connectivity index (χ0v) is 9.75. The van der Waals surface area contributed by atoms with E-state index in [0.717, 1.165) is 0 Å². The number of rotatable bonds is 1. The Bertz CT molecular complexity index is 273. The van der Waals surface area contributed by atoms with Gasteiger partial charge in [0.15, 0.2) is 5.82 Å². The molecule has 54 valence electrons. The summed E-state index contributed by atoms with van der Waals surface area (Å²) in [6.45, 7) is 0. The number of carboxylic acid groups (broad SMARTS) is 1. The first-order valence-electron chi connectivity index (χ1n) is 2.51. The van der Waals surface area contributed by atoms with Gasteiger partial charge in [-0.2, -0.15) is 0 Å². The molecule has 1 aromatic heterocycles. The molecular formula is C5H4BrN2NaO2. The number of carbonyl (C=O) groups is 1. The van der Waals surface area contributed by atoms with Crippen LogP contribution >= 0.6 is 15.9 Å². The predicted octanol–water partition coefficient (Wildman–Crippen LogP) is -3.45. The van der Waals surface area contributed by atoms with Crippen LogP contribution in [0.2, 0.25) is 0 Å². The van der Waals surface area contributed by atoms with E-state index in [-0.39, 0.29) is 35.4 Å². The van der Waals surface area contributed by atoms with E-state index < -0.39 is 5.97 Å². The van der Waals surface area contributed by atoms with Gasteiger partial charge in [-0.3, -0.25) is 0 Å². The largest absolute Gasteiger partial charge is 1.00 e. The van der Waals surface area contributed by atoms with Gasteiger partial charge in [0.05, 0.1) is 0 Å². The van der Waals surface area contributed by atoms with E-state index in [4.69, 9.17) is 0 Å². The van der Waals surface area contributed by atoms with Gasteiger partial charge in [0.2, 0.25) is 0 Å². The van der Waals surface area contributed by atoms with Crippen molar-refractivity contribution in [3.63, 3.8) is 0 Å². The molecule has 0 unspecified atom stereocenters. The number of carboxylic acids is 1. The maximum Gasteiger partial charge on any atom is 1.00 e. The van der Waals surface area contributed by atoms with Crippen LogP contribution in [0.1, 0.15) is 10.6 Å². The molecule has 1 rings (SSSR count). The van der Waals surface area contributed by atoms with Crippen molar-refractivity contribution in [3.05, 3.63) is 16.6 Å². The van der Waals surface area contributed by atoms with Crippen molar-refractivity contribution < 1.29 is 39.5 Å². The van der Waals surface area contributed by atoms with Gasteiger partial charge in [0, 0.05) is 13.2 Å². The second-order valence-corrected chi connectivity index (χ2v) is 2.60. The molecule has 0 aromatic carbocycles. The molecule has 0 radical (unpaired) electrons. The number of aromatic nitrogens is 2. The van der Waals surface area contributed by atoms with Gasteiger partial charge in [0.25, 0.3) is 0 Å². The SMILES string of the molecule is Cn1cc(Br)nc1C(=O)[O-].[Na+]. The standard InChI is InChI=1S/C5H5BrN2O2.Na/c1-8-2-3(6)7-4(8)5(9)10;/h2H,1H3,(H,9,10);/q;+1/p-1. The van der Waals surface area contributed by atoms with Crippen molar-refractivity contribution in [3.8, 4) is 0 Å². The molecule has 0 fully saturated rings. The Morgan fingerprint density at radius 2 is 2.36 bits per heavy atom. The fourth-order valence-electron chi connectivity index (χ4n) is 0.619. The van der Waals surface area contributed by atoms with Crippen molar-refractivity contribution in [1.29, 1.82) is 0 Å². The van der Waals surface area contributed by atoms with Gasteiger partial charge >= 0.3 is 29.6 Å². The number of hydrogen-bond acceptors (Lipinski definition) is 3. The van der Waals surface area contributed by atoms with Crippen LogP contribution in [0, 0.1) is 0 Å². The molecule has 1 heterocycles. The smallest absolute Gasteiger partial charge is 0.542 e. The predicted molar refractivity (Wildman–Crippen MR) is 35.2 cm³/mol. The second-order valence-electron chi connectivity index (χ2n) is 1.79. The maximum absolute atomic E-state index is 10.2. The fraction of sp³-hybridized carbons (Fsp3) is 0.200. The number of imidazole rings is 1. The Balaban J connectivity index is 0.000001000. The molecule has 0 saturated heterocycles. The van der Waals surface area contributed by atoms with Gasteiger partial charge in [-0.05, 0) is 15.9 Å². The van der Waals surface area contributed by atoms with Crippen LogP contribution in [0.25, 0.3) is 0 Å². The summed E-state index contributed by atoms with van der Waals surface area (Å²) in [6.07, 6.45) is 1.55. The number of aromatic carboxylic acids is 1. The van der Waals surface area contributed by atoms with Gasteiger partial charge in [-0.1, -0.05) is 0 Å². The Hall–Kier alpha value is 0.160. The number of halogens is 1. The van der Waals surface area contributed by atoms with Crippen LogP contribution in [0.15, 0.2) is 10.8 Å². The summed E-state index contributed by atoms with van der Waals surface area (Å²) in [5.74, 6) is -1.35. The molecule has 0 aliphatic heterocycles. The normalized spacial score (nSPS) is 8.91. The van der Waals surface area contributed by atoms with Gasteiger partial charge in [0.1, 0.15) is 10.6 Å². The minimum absolute atomic E-state index is 0. The molecule has 0 bridgehead atoms. The number of nitrogens with zero attached hydrogens (tertiary/aromatic N) is 2. The number of hydrogen-bond donors (Lipinski definition) is 0. The summed E-state index contributed by atoms with van der Waals surface area (Å²) in [6, 6.07) is 0. The number of carbonyl (C=O) groups excluding carboxylic acids is 1. The van der Waals surface area contributed by atoms with E-state index >= 15 is 0 Å². The van der Waals surface area contributed by atoms with Crippen LogP contribution in [-0.4, -0.2) is 15.5 Å². The van der Waals surface area contributed by atoms with Crippen molar-refractivity contribution in [2.45, 2.75) is 0 Å². The van der Waals surface area contributed by atoms with Crippen LogP contribution in [0.4, 0.5) is 0 Å². The van der Waals surface area contributed by atoms with E-state index in [2.05, 4.69) is 20.9 Å². The van der Waals surface area contributed by atoms with Crippen LogP contribution in [-0.2, 0) is 7.05 Å². The van der Waals surface area contributed by atoms with Crippen LogP contribution < -0.4 is 34.7 Å². The Labute approximate surface area is 94.0 Å². The summed E-state index contributed by atoms with van der Waals surface area (Å²) in [5.41, 5.74) is 0. The average molecular weight is 227 g/mol. The third kappa shape index (κ3) is 2.59. The molecule has 1 aromatic rings. The van der Waals surface area contributed by atoms with Crippen LogP contribution in [0.3, 0.4) is 0 Å². The van der Waals surface area contributed by atoms with E-state index in [1.807, 2.05) is 0 Å². The molecule has 11 heavy (non-hydrogen) atoms. The molecule has 0 aliphatic carbocycles. The second kappa shape index (κ2) is 4.25. The van der Waals surface area contributed by atoms with Crippen molar-refractivity contribution in [1.82, 2.24) is 9.55 Å². The summed E-state index contributed by atoms with van der Waals surface area (Å²) in [5, 5.41) is 10.2. The minimum Gasteiger partial charge on any atom is -0.542 e. The van der Waals surface area contributed by atoms with E-state index in [9.17, 15) is 9.90 Å². The summed E-state index contributed by atoms with van der Waals surface area (Å²) < 4.78 is 1.87. The zero-order chi connectivity index (χ0) is 7.72. The molecule has 0 amide bonds. The van der Waals surface area contributed by atoms with Gasteiger partial charge < -0.3 is 14.5 Å². The monoisotopic (exact) mass is 226 g/mol. The van der Waals surface area contributed by atoms with Crippen molar-refractivity contribution in [2.24, 2.45) is 7.05 Å². The first-order chi connectivity index (χ1) is 4.61. The Morgan fingerprint density at radius 3 is 2.55 bits per heavy atom. The Morgan fingerprint density at radius 1 is 1.82 bits per heavy atom. The van der Waals surface area contributed by atoms with E-state index in [1.54, 1.807) is 13.2 Å². The van der Waals surface area contributed by atoms with E-state index in [0.29, 0.717) is 4.60 Å². The van der Waals surface area contributed by atoms with Crippen LogP contribution in [0.5, 0.6) is 0 Å². The molecule has 0 aliphatic rings. The third-order valence-corrected chi connectivity index (χ3v) is 1.41. The van der Waals surface area contributed by atoms with Crippen molar-refractivity contribution >= 4 is 21.9 Å². The molecule has 0 saturated carbocycles. The molecule has 6 heteroatoms. The molecular weight excluding hydrogens is 223 g/mol. The molecule has 0 N–H and O–H groups in total. The molecule has 0 atom stereocenters. The topological polar surface area (TPSA) is 58.0 Å². The first-order valence-corrected chi connectivity index (χ1v) is 3.31. The summed E-state index contributed by atoms with van der Waals surface area (Å²) in [7, 11) is 1.59. The van der Waals surface area contributed by atoms with Gasteiger partial charge in [-0.15, -0.1) is 0 Å². The average Bonchev–Trinajstić information content (AvgIpc) is 2.10. The van der Waals surface area contributed by atoms with Crippen molar-refractivity contribution in [2.75, 3.05) is 0 Å². The Kier molecular flexibility index (Phi) is 4.31. The summed E-state index contributed by atoms with van der Waals surface area (Å²) >= 11 is 3.03. The third-order valence-electron chi connectivity index (χ3n) is 1.03. The fourth-order valence-corrected chi connectivity index (χ4v) is 1.09. The quantitative estimate of drug-likeness (QED) is 0.469. The molecule has 4 nitrogen and oxygen atoms in total. The van der Waals surface area contributed by atoms with E-state index in [1.165, 1.54) is 4.57 Å². The first kappa shape index (κ1) is 11.2. The molecule has 0 spiro atoms. The number of aryl methyl sites for hydroxylation is 1.